The Morgan fingerprint density at radius 1 is 0.968 bits per heavy atom. The molecule has 0 aliphatic heterocycles. The second-order valence-corrected chi connectivity index (χ2v) is 9.01. The zero-order valence-electron chi connectivity index (χ0n) is 17.2. The van der Waals surface area contributed by atoms with Gasteiger partial charge in [0.15, 0.2) is 0 Å². The summed E-state index contributed by atoms with van der Waals surface area (Å²) in [5, 5.41) is 0.412. The minimum absolute atomic E-state index is 0.0589. The average Bonchev–Trinajstić information content (AvgIpc) is 2.70. The number of hydrogen-bond donors (Lipinski definition) is 1. The largest absolute Gasteiger partial charge is 0.277 e. The Bertz CT molecular complexity index is 1490. The van der Waals surface area contributed by atoms with Gasteiger partial charge in [-0.3, -0.25) is 14.1 Å². The van der Waals surface area contributed by atoms with Gasteiger partial charge >= 0.3 is 0 Å². The van der Waals surface area contributed by atoms with Gasteiger partial charge in [-0.05, 0) is 62.7 Å². The van der Waals surface area contributed by atoms with Gasteiger partial charge in [0.25, 0.3) is 15.6 Å². The highest BCUT2D eigenvalue weighted by molar-refractivity contribution is 7.92. The van der Waals surface area contributed by atoms with E-state index < -0.39 is 15.8 Å². The molecule has 0 aliphatic rings. The summed E-state index contributed by atoms with van der Waals surface area (Å²) in [4.78, 5) is 17.5. The summed E-state index contributed by atoms with van der Waals surface area (Å²) in [5.74, 6) is -0.352. The number of aromatic nitrogens is 2. The number of aryl methyl sites for hydroxylation is 3. The number of benzene rings is 3. The topological polar surface area (TPSA) is 81.1 Å². The van der Waals surface area contributed by atoms with Gasteiger partial charge in [-0.2, -0.15) is 0 Å². The van der Waals surface area contributed by atoms with Crippen LogP contribution in [0, 0.1) is 26.6 Å². The Labute approximate surface area is 179 Å². The van der Waals surface area contributed by atoms with Crippen molar-refractivity contribution in [1.82, 2.24) is 9.55 Å². The lowest BCUT2D eigenvalue weighted by molar-refractivity contribution is 0.598. The number of halogens is 1. The van der Waals surface area contributed by atoms with E-state index in [0.717, 1.165) is 11.6 Å². The third kappa shape index (κ3) is 3.82. The van der Waals surface area contributed by atoms with Crippen LogP contribution < -0.4 is 10.3 Å². The Morgan fingerprint density at radius 3 is 2.45 bits per heavy atom. The number of anilines is 1. The van der Waals surface area contributed by atoms with E-state index >= 15 is 0 Å². The molecule has 0 atom stereocenters. The van der Waals surface area contributed by atoms with Gasteiger partial charge in [-0.15, -0.1) is 0 Å². The third-order valence-corrected chi connectivity index (χ3v) is 6.54. The van der Waals surface area contributed by atoms with Crippen molar-refractivity contribution in [2.75, 3.05) is 4.72 Å². The highest BCUT2D eigenvalue weighted by atomic mass is 32.2. The molecule has 1 heterocycles. The Balaban J connectivity index is 1.82. The Morgan fingerprint density at radius 2 is 1.71 bits per heavy atom. The molecule has 0 bridgehead atoms. The fourth-order valence-corrected chi connectivity index (χ4v) is 4.86. The second-order valence-electron chi connectivity index (χ2n) is 7.36. The quantitative estimate of drug-likeness (QED) is 0.518. The number of nitrogens with one attached hydrogen (secondary N) is 1. The molecule has 8 heteroatoms. The van der Waals surface area contributed by atoms with E-state index in [1.54, 1.807) is 50.2 Å². The van der Waals surface area contributed by atoms with Crippen LogP contribution in [0.15, 0.2) is 70.4 Å². The predicted molar refractivity (Wildman–Crippen MR) is 119 cm³/mol. The standard InChI is InChI=1S/C23H20FN3O3S/c1-14-8-11-22(15(2)12-14)31(29,30)26-21-13-17(9-10-19(21)24)27-16(3)25-20-7-5-4-6-18(20)23(27)28/h4-13,26H,1-3H3. The van der Waals surface area contributed by atoms with E-state index in [2.05, 4.69) is 9.71 Å². The molecular formula is C23H20FN3O3S. The first kappa shape index (κ1) is 20.7. The second kappa shape index (κ2) is 7.63. The fourth-order valence-electron chi connectivity index (χ4n) is 3.58. The van der Waals surface area contributed by atoms with Crippen LogP contribution in [0.2, 0.25) is 0 Å². The number of nitrogens with zero attached hydrogens (tertiary/aromatic N) is 2. The molecule has 158 valence electrons. The maximum Gasteiger partial charge on any atom is 0.265 e. The van der Waals surface area contributed by atoms with E-state index in [-0.39, 0.29) is 16.1 Å². The number of hydrogen-bond acceptors (Lipinski definition) is 4. The van der Waals surface area contributed by atoms with E-state index in [4.69, 9.17) is 0 Å². The average molecular weight is 437 g/mol. The lowest BCUT2D eigenvalue weighted by Crippen LogP contribution is -2.22. The zero-order chi connectivity index (χ0) is 22.3. The summed E-state index contributed by atoms with van der Waals surface area (Å²) >= 11 is 0. The molecule has 0 amide bonds. The van der Waals surface area contributed by atoms with Gasteiger partial charge in [-0.1, -0.05) is 29.8 Å². The van der Waals surface area contributed by atoms with Crippen molar-refractivity contribution in [3.63, 3.8) is 0 Å². The lowest BCUT2D eigenvalue weighted by atomic mass is 10.2. The zero-order valence-corrected chi connectivity index (χ0v) is 18.0. The molecule has 4 aromatic rings. The van der Waals surface area contributed by atoms with Gasteiger partial charge < -0.3 is 0 Å². The molecular weight excluding hydrogens is 417 g/mol. The molecule has 3 aromatic carbocycles. The summed E-state index contributed by atoms with van der Waals surface area (Å²) in [6.45, 7) is 5.20. The molecule has 6 nitrogen and oxygen atoms in total. The maximum absolute atomic E-state index is 14.5. The Kier molecular flexibility index (Phi) is 5.10. The van der Waals surface area contributed by atoms with Crippen LogP contribution in [0.4, 0.5) is 10.1 Å². The van der Waals surface area contributed by atoms with Gasteiger partial charge in [0, 0.05) is 0 Å². The van der Waals surface area contributed by atoms with E-state index in [1.807, 2.05) is 6.92 Å². The van der Waals surface area contributed by atoms with Crippen molar-refractivity contribution in [3.05, 3.63) is 93.8 Å². The van der Waals surface area contributed by atoms with Crippen molar-refractivity contribution in [1.29, 1.82) is 0 Å². The minimum atomic E-state index is -4.03. The molecule has 0 spiro atoms. The van der Waals surface area contributed by atoms with Crippen molar-refractivity contribution in [2.24, 2.45) is 0 Å². The first-order valence-electron chi connectivity index (χ1n) is 9.56. The first-order valence-corrected chi connectivity index (χ1v) is 11.0. The van der Waals surface area contributed by atoms with E-state index in [9.17, 15) is 17.6 Å². The molecule has 1 aromatic heterocycles. The van der Waals surface area contributed by atoms with Crippen LogP contribution in [0.5, 0.6) is 0 Å². The van der Waals surface area contributed by atoms with E-state index in [1.165, 1.54) is 22.8 Å². The number of fused-ring (bicyclic) bond motifs is 1. The molecule has 0 saturated carbocycles. The van der Waals surface area contributed by atoms with Crippen molar-refractivity contribution < 1.29 is 12.8 Å². The summed E-state index contributed by atoms with van der Waals surface area (Å²) < 4.78 is 43.9. The highest BCUT2D eigenvalue weighted by Crippen LogP contribution is 2.25. The smallest absolute Gasteiger partial charge is 0.265 e. The van der Waals surface area contributed by atoms with Gasteiger partial charge in [0.2, 0.25) is 0 Å². The monoisotopic (exact) mass is 437 g/mol. The van der Waals surface area contributed by atoms with Crippen LogP contribution in [0.1, 0.15) is 17.0 Å². The number of para-hydroxylation sites is 1. The maximum atomic E-state index is 14.5. The molecule has 0 radical (unpaired) electrons. The van der Waals surface area contributed by atoms with Gasteiger partial charge in [-0.25, -0.2) is 17.8 Å². The molecule has 0 unspecified atom stereocenters. The molecule has 0 saturated heterocycles. The number of sulfonamides is 1. The van der Waals surface area contributed by atoms with Crippen LogP contribution >= 0.6 is 0 Å². The summed E-state index contributed by atoms with van der Waals surface area (Å²) in [7, 11) is -4.03. The van der Waals surface area contributed by atoms with E-state index in [0.29, 0.717) is 28.0 Å². The molecule has 1 N–H and O–H groups in total. The van der Waals surface area contributed by atoms with Crippen LogP contribution in [0.3, 0.4) is 0 Å². The van der Waals surface area contributed by atoms with Gasteiger partial charge in [0.1, 0.15) is 11.6 Å². The molecule has 4 rings (SSSR count). The van der Waals surface area contributed by atoms with Gasteiger partial charge in [0.05, 0.1) is 27.2 Å². The van der Waals surface area contributed by atoms with Crippen molar-refractivity contribution in [3.8, 4) is 5.69 Å². The molecule has 0 fully saturated rings. The van der Waals surface area contributed by atoms with Crippen molar-refractivity contribution in [2.45, 2.75) is 25.7 Å². The summed E-state index contributed by atoms with van der Waals surface area (Å²) in [6.07, 6.45) is 0. The van der Waals surface area contributed by atoms with Crippen molar-refractivity contribution >= 4 is 26.6 Å². The normalized spacial score (nSPS) is 11.6. The molecule has 0 aliphatic carbocycles. The first-order chi connectivity index (χ1) is 14.7. The van der Waals surface area contributed by atoms with Crippen LogP contribution in [-0.4, -0.2) is 18.0 Å². The lowest BCUT2D eigenvalue weighted by Gasteiger charge is -2.15. The van der Waals surface area contributed by atoms with Crippen LogP contribution in [0.25, 0.3) is 16.6 Å². The molecule has 31 heavy (non-hydrogen) atoms. The summed E-state index contributed by atoms with van der Waals surface area (Å²) in [6, 6.07) is 15.7. The third-order valence-electron chi connectivity index (χ3n) is 5.02. The highest BCUT2D eigenvalue weighted by Gasteiger charge is 2.20. The fraction of sp³-hybridized carbons (Fsp3) is 0.130. The Hall–Kier alpha value is -3.52. The summed E-state index contributed by atoms with van der Waals surface area (Å²) in [5.41, 5.74) is 1.76. The predicted octanol–water partition coefficient (Wildman–Crippen LogP) is 4.25. The minimum Gasteiger partial charge on any atom is -0.277 e. The number of rotatable bonds is 4. The van der Waals surface area contributed by atoms with Crippen LogP contribution in [-0.2, 0) is 10.0 Å². The SMILES string of the molecule is Cc1ccc(S(=O)(=O)Nc2cc(-n3c(C)nc4ccccc4c3=O)ccc2F)c(C)c1.